The number of aromatic carboxylic acids is 1. The van der Waals surface area contributed by atoms with E-state index >= 15 is 0 Å². The van der Waals surface area contributed by atoms with Crippen molar-refractivity contribution in [3.05, 3.63) is 23.3 Å². The zero-order chi connectivity index (χ0) is 14.6. The zero-order valence-corrected chi connectivity index (χ0v) is 10.4. The van der Waals surface area contributed by atoms with E-state index in [4.69, 9.17) is 14.6 Å². The van der Waals surface area contributed by atoms with E-state index in [1.165, 1.54) is 26.2 Å². The number of hydrogen-bond donors (Lipinski definition) is 1. The maximum atomic E-state index is 12.0. The lowest BCUT2D eigenvalue weighted by molar-refractivity contribution is -0.139. The molecule has 0 aliphatic heterocycles. The molecule has 0 bridgehead atoms. The van der Waals surface area contributed by atoms with Gasteiger partial charge in [-0.15, -0.1) is 0 Å². The van der Waals surface area contributed by atoms with Crippen LogP contribution < -0.4 is 9.47 Å². The fourth-order valence-corrected chi connectivity index (χ4v) is 1.54. The lowest BCUT2D eigenvalue weighted by atomic mass is 10.1. The molecule has 0 aliphatic carbocycles. The zero-order valence-electron chi connectivity index (χ0n) is 10.4. The molecule has 0 aromatic heterocycles. The monoisotopic (exact) mass is 278 g/mol. The van der Waals surface area contributed by atoms with Crippen molar-refractivity contribution in [2.45, 2.75) is 19.5 Å². The second kappa shape index (κ2) is 5.81. The van der Waals surface area contributed by atoms with Crippen molar-refractivity contribution in [2.24, 2.45) is 0 Å². The Labute approximate surface area is 107 Å². The van der Waals surface area contributed by atoms with Gasteiger partial charge >= 0.3 is 12.1 Å². The number of alkyl halides is 3. The van der Waals surface area contributed by atoms with Gasteiger partial charge in [-0.2, -0.15) is 13.2 Å². The Kier molecular flexibility index (Phi) is 4.63. The Balaban J connectivity index is 2.90. The Morgan fingerprint density at radius 3 is 2.47 bits per heavy atom. The van der Waals surface area contributed by atoms with Crippen molar-refractivity contribution in [3.63, 3.8) is 0 Å². The molecule has 1 N–H and O–H groups in total. The number of ether oxygens (including phenoxy) is 2. The van der Waals surface area contributed by atoms with E-state index < -0.39 is 25.2 Å². The fraction of sp³-hybridized carbons (Fsp3) is 0.417. The lowest BCUT2D eigenvalue weighted by Crippen LogP contribution is -2.13. The van der Waals surface area contributed by atoms with Crippen molar-refractivity contribution in [1.29, 1.82) is 0 Å². The van der Waals surface area contributed by atoms with Gasteiger partial charge in [-0.05, 0) is 19.1 Å². The number of benzene rings is 1. The Morgan fingerprint density at radius 2 is 2.00 bits per heavy atom. The van der Waals surface area contributed by atoms with E-state index in [0.717, 1.165) is 0 Å². The molecule has 0 aliphatic rings. The second-order valence-electron chi connectivity index (χ2n) is 3.79. The molecule has 0 amide bonds. The summed E-state index contributed by atoms with van der Waals surface area (Å²) in [5.41, 5.74) is 0.319. The predicted octanol–water partition coefficient (Wildman–Crippen LogP) is 3.03. The van der Waals surface area contributed by atoms with Crippen LogP contribution in [0.4, 0.5) is 13.2 Å². The van der Waals surface area contributed by atoms with Gasteiger partial charge in [0.05, 0.1) is 25.7 Å². The van der Waals surface area contributed by atoms with Gasteiger partial charge in [0.25, 0.3) is 0 Å². The van der Waals surface area contributed by atoms with Crippen LogP contribution in [0.5, 0.6) is 11.5 Å². The average molecular weight is 278 g/mol. The van der Waals surface area contributed by atoms with E-state index in [2.05, 4.69) is 0 Å². The number of carboxylic acids is 1. The van der Waals surface area contributed by atoms with Crippen LogP contribution in [0.25, 0.3) is 0 Å². The Bertz CT molecular complexity index is 469. The van der Waals surface area contributed by atoms with Crippen molar-refractivity contribution >= 4 is 5.97 Å². The van der Waals surface area contributed by atoms with Gasteiger partial charge < -0.3 is 14.6 Å². The second-order valence-corrected chi connectivity index (χ2v) is 3.79. The van der Waals surface area contributed by atoms with Gasteiger partial charge in [-0.3, -0.25) is 0 Å². The molecule has 0 saturated carbocycles. The van der Waals surface area contributed by atoms with Crippen LogP contribution in [0, 0.1) is 6.92 Å². The molecular weight excluding hydrogens is 265 g/mol. The molecule has 19 heavy (non-hydrogen) atoms. The largest absolute Gasteiger partial charge is 0.493 e. The summed E-state index contributed by atoms with van der Waals surface area (Å²) in [4.78, 5) is 10.9. The van der Waals surface area contributed by atoms with Crippen LogP contribution >= 0.6 is 0 Å². The average Bonchev–Trinajstić information content (AvgIpc) is 2.27. The van der Waals surface area contributed by atoms with Crippen molar-refractivity contribution in [2.75, 3.05) is 13.7 Å². The normalized spacial score (nSPS) is 11.2. The number of carbonyl (C=O) groups is 1. The van der Waals surface area contributed by atoms with Crippen LogP contribution in [0.2, 0.25) is 0 Å². The molecule has 7 heteroatoms. The van der Waals surface area contributed by atoms with E-state index in [-0.39, 0.29) is 17.1 Å². The first kappa shape index (κ1) is 15.1. The van der Waals surface area contributed by atoms with Gasteiger partial charge in [0.2, 0.25) is 0 Å². The summed E-state index contributed by atoms with van der Waals surface area (Å²) in [6.07, 6.45) is -5.39. The topological polar surface area (TPSA) is 55.8 Å². The first-order valence-electron chi connectivity index (χ1n) is 5.36. The predicted molar refractivity (Wildman–Crippen MR) is 60.9 cm³/mol. The summed E-state index contributed by atoms with van der Waals surface area (Å²) in [6, 6.07) is 2.55. The quantitative estimate of drug-likeness (QED) is 0.899. The number of rotatable bonds is 5. The lowest BCUT2D eigenvalue weighted by Gasteiger charge is -2.15. The number of carboxylic acid groups (broad SMARTS) is 1. The molecule has 1 aromatic carbocycles. The highest BCUT2D eigenvalue weighted by molar-refractivity contribution is 5.90. The summed E-state index contributed by atoms with van der Waals surface area (Å²) in [7, 11) is 1.30. The van der Waals surface area contributed by atoms with Crippen molar-refractivity contribution in [3.8, 4) is 11.5 Å². The molecule has 1 aromatic rings. The first-order valence-corrected chi connectivity index (χ1v) is 5.36. The minimum absolute atomic E-state index is 0.0139. The third kappa shape index (κ3) is 4.04. The molecule has 4 nitrogen and oxygen atoms in total. The highest BCUT2D eigenvalue weighted by Gasteiger charge is 2.27. The molecule has 0 saturated heterocycles. The summed E-state index contributed by atoms with van der Waals surface area (Å²) in [5.74, 6) is -0.922. The molecule has 0 heterocycles. The van der Waals surface area contributed by atoms with Crippen LogP contribution in [0.1, 0.15) is 22.3 Å². The van der Waals surface area contributed by atoms with Crippen molar-refractivity contribution in [1.82, 2.24) is 0 Å². The van der Waals surface area contributed by atoms with Crippen LogP contribution in [0.15, 0.2) is 12.1 Å². The molecule has 1 rings (SSSR count). The van der Waals surface area contributed by atoms with E-state index in [9.17, 15) is 18.0 Å². The van der Waals surface area contributed by atoms with Crippen LogP contribution in [-0.2, 0) is 0 Å². The molecule has 0 radical (unpaired) electrons. The molecule has 106 valence electrons. The molecule has 0 atom stereocenters. The standard InChI is InChI=1S/C12H13F3O4/c1-7-8(11(16)17)3-4-9(10(7)18-2)19-6-5-12(13,14)15/h3-4H,5-6H2,1-2H3,(H,16,17). The van der Waals surface area contributed by atoms with Crippen LogP contribution in [0.3, 0.4) is 0 Å². The van der Waals surface area contributed by atoms with Gasteiger partial charge in [0.15, 0.2) is 11.5 Å². The van der Waals surface area contributed by atoms with Gasteiger partial charge in [-0.1, -0.05) is 0 Å². The molecule has 0 fully saturated rings. The van der Waals surface area contributed by atoms with E-state index in [1.54, 1.807) is 0 Å². The van der Waals surface area contributed by atoms with Gasteiger partial charge in [0, 0.05) is 5.56 Å². The minimum atomic E-state index is -4.30. The Morgan fingerprint density at radius 1 is 1.37 bits per heavy atom. The highest BCUT2D eigenvalue weighted by atomic mass is 19.4. The van der Waals surface area contributed by atoms with Crippen molar-refractivity contribution < 1.29 is 32.5 Å². The van der Waals surface area contributed by atoms with E-state index in [0.29, 0.717) is 5.56 Å². The first-order chi connectivity index (χ1) is 8.76. The minimum Gasteiger partial charge on any atom is -0.493 e. The SMILES string of the molecule is COc1c(OCCC(F)(F)F)ccc(C(=O)O)c1C. The number of methoxy groups -OCH3 is 1. The summed E-state index contributed by atoms with van der Waals surface area (Å²) >= 11 is 0. The third-order valence-corrected chi connectivity index (χ3v) is 2.45. The third-order valence-electron chi connectivity index (χ3n) is 2.45. The van der Waals surface area contributed by atoms with Gasteiger partial charge in [-0.25, -0.2) is 4.79 Å². The number of halogens is 3. The molecule has 0 spiro atoms. The van der Waals surface area contributed by atoms with E-state index in [1.807, 2.05) is 0 Å². The fourth-order valence-electron chi connectivity index (χ4n) is 1.54. The van der Waals surface area contributed by atoms with Crippen LogP contribution in [-0.4, -0.2) is 31.0 Å². The number of hydrogen-bond acceptors (Lipinski definition) is 3. The maximum Gasteiger partial charge on any atom is 0.392 e. The maximum absolute atomic E-state index is 12.0. The summed E-state index contributed by atoms with van der Waals surface area (Å²) < 4.78 is 46.0. The van der Waals surface area contributed by atoms with Gasteiger partial charge in [0.1, 0.15) is 0 Å². The molecule has 0 unspecified atom stereocenters. The summed E-state index contributed by atoms with van der Waals surface area (Å²) in [6.45, 7) is 0.949. The Hall–Kier alpha value is -1.92. The summed E-state index contributed by atoms with van der Waals surface area (Å²) in [5, 5.41) is 8.91. The smallest absolute Gasteiger partial charge is 0.392 e. The highest BCUT2D eigenvalue weighted by Crippen LogP contribution is 2.33. The molecular formula is C12H13F3O4.